The van der Waals surface area contributed by atoms with Crippen LogP contribution in [0, 0.1) is 0 Å². The van der Waals surface area contributed by atoms with Crippen LogP contribution in [-0.2, 0) is 38.4 Å². The van der Waals surface area contributed by atoms with Crippen molar-refractivity contribution in [3.05, 3.63) is 0 Å². The summed E-state index contributed by atoms with van der Waals surface area (Å²) in [6, 6.07) is -5.27. The highest BCUT2D eigenvalue weighted by Gasteiger charge is 2.28. The summed E-state index contributed by atoms with van der Waals surface area (Å²) in [5.74, 6) is -7.71. The summed E-state index contributed by atoms with van der Waals surface area (Å²) < 4.78 is 0. The SMILES string of the molecule is CC(=O)N[C@@H](CCC(=O)N[C@@H](CS)C(=O)N[C@@H](CCC(=O)N[C@@H](CS)C(=O)NCC(N)=O)C(=O)O)C(=O)O. The summed E-state index contributed by atoms with van der Waals surface area (Å²) in [6.45, 7) is 0.659. The molecule has 0 aromatic heterocycles. The van der Waals surface area contributed by atoms with Gasteiger partial charge in [0, 0.05) is 31.3 Å². The Balaban J connectivity index is 4.92. The summed E-state index contributed by atoms with van der Waals surface area (Å²) >= 11 is 7.90. The number of carboxylic acids is 2. The van der Waals surface area contributed by atoms with Gasteiger partial charge in [-0.3, -0.25) is 28.8 Å². The van der Waals surface area contributed by atoms with E-state index in [9.17, 15) is 43.5 Å². The highest BCUT2D eigenvalue weighted by Crippen LogP contribution is 2.03. The fraction of sp³-hybridized carbons (Fsp3) is 0.600. The van der Waals surface area contributed by atoms with E-state index in [-0.39, 0.29) is 30.8 Å². The molecule has 0 heterocycles. The zero-order valence-electron chi connectivity index (χ0n) is 20.4. The largest absolute Gasteiger partial charge is 0.480 e. The molecule has 0 aliphatic rings. The Bertz CT molecular complexity index is 919. The van der Waals surface area contributed by atoms with Crippen LogP contribution in [0.25, 0.3) is 0 Å². The monoisotopic (exact) mass is 580 g/mol. The maximum atomic E-state index is 12.5. The van der Waals surface area contributed by atoms with Gasteiger partial charge in [0.05, 0.1) is 6.54 Å². The summed E-state index contributed by atoms with van der Waals surface area (Å²) in [5.41, 5.74) is 4.93. The lowest BCUT2D eigenvalue weighted by atomic mass is 10.1. The number of nitrogens with two attached hydrogens (primary N) is 1. The Labute approximate surface area is 228 Å². The zero-order valence-corrected chi connectivity index (χ0v) is 22.2. The molecule has 18 heteroatoms. The lowest BCUT2D eigenvalue weighted by molar-refractivity contribution is -0.142. The third-order valence-corrected chi connectivity index (χ3v) is 5.45. The fourth-order valence-electron chi connectivity index (χ4n) is 2.80. The molecule has 0 saturated carbocycles. The first-order chi connectivity index (χ1) is 17.7. The highest BCUT2D eigenvalue weighted by atomic mass is 32.1. The van der Waals surface area contributed by atoms with E-state index < -0.39 is 84.5 Å². The first kappa shape index (κ1) is 34.5. The molecule has 0 aliphatic heterocycles. The molecule has 16 nitrogen and oxygen atoms in total. The van der Waals surface area contributed by atoms with Gasteiger partial charge in [-0.1, -0.05) is 0 Å². The smallest absolute Gasteiger partial charge is 0.326 e. The average Bonchev–Trinajstić information content (AvgIpc) is 2.83. The van der Waals surface area contributed by atoms with Crippen LogP contribution in [0.1, 0.15) is 32.6 Å². The third-order valence-electron chi connectivity index (χ3n) is 4.72. The Hall–Kier alpha value is -3.54. The Morgan fingerprint density at radius 2 is 1.11 bits per heavy atom. The highest BCUT2D eigenvalue weighted by molar-refractivity contribution is 7.80. The number of aliphatic carboxylic acids is 2. The van der Waals surface area contributed by atoms with E-state index in [0.29, 0.717) is 0 Å². The molecule has 6 amide bonds. The molecular formula is C20H32N6O10S2. The third kappa shape index (κ3) is 14.3. The second-order valence-corrected chi connectivity index (χ2v) is 8.59. The first-order valence-electron chi connectivity index (χ1n) is 11.1. The van der Waals surface area contributed by atoms with Crippen LogP contribution in [0.3, 0.4) is 0 Å². The number of rotatable bonds is 18. The molecule has 9 N–H and O–H groups in total. The zero-order chi connectivity index (χ0) is 29.4. The molecular weight excluding hydrogens is 548 g/mol. The van der Waals surface area contributed by atoms with Crippen molar-refractivity contribution in [2.75, 3.05) is 18.1 Å². The van der Waals surface area contributed by atoms with E-state index in [4.69, 9.17) is 10.8 Å². The van der Waals surface area contributed by atoms with Gasteiger partial charge >= 0.3 is 11.9 Å². The minimum atomic E-state index is -1.54. The van der Waals surface area contributed by atoms with Crippen LogP contribution >= 0.6 is 25.3 Å². The number of primary amides is 1. The molecule has 0 saturated heterocycles. The van der Waals surface area contributed by atoms with E-state index in [1.165, 1.54) is 0 Å². The minimum absolute atomic E-state index is 0.128. The van der Waals surface area contributed by atoms with E-state index in [2.05, 4.69) is 51.8 Å². The summed E-state index contributed by atoms with van der Waals surface area (Å²) in [5, 5.41) is 29.6. The van der Waals surface area contributed by atoms with Crippen molar-refractivity contribution in [2.45, 2.75) is 56.8 Å². The van der Waals surface area contributed by atoms with Gasteiger partial charge in [0.15, 0.2) is 0 Å². The summed E-state index contributed by atoms with van der Waals surface area (Å²) in [7, 11) is 0. The number of carbonyl (C=O) groups excluding carboxylic acids is 6. The van der Waals surface area contributed by atoms with E-state index in [1.807, 2.05) is 0 Å². The van der Waals surface area contributed by atoms with E-state index in [1.54, 1.807) is 0 Å². The van der Waals surface area contributed by atoms with Gasteiger partial charge in [0.25, 0.3) is 0 Å². The van der Waals surface area contributed by atoms with E-state index >= 15 is 0 Å². The maximum absolute atomic E-state index is 12.5. The second kappa shape index (κ2) is 17.8. The van der Waals surface area contributed by atoms with E-state index in [0.717, 1.165) is 6.92 Å². The van der Waals surface area contributed by atoms with Crippen molar-refractivity contribution >= 4 is 72.6 Å². The molecule has 0 aromatic rings. The Morgan fingerprint density at radius 3 is 1.47 bits per heavy atom. The molecule has 0 unspecified atom stereocenters. The van der Waals surface area contributed by atoms with Crippen molar-refractivity contribution < 1.29 is 48.6 Å². The molecule has 38 heavy (non-hydrogen) atoms. The van der Waals surface area contributed by atoms with Gasteiger partial charge in [0.2, 0.25) is 35.4 Å². The van der Waals surface area contributed by atoms with Crippen LogP contribution in [-0.4, -0.2) is 99.8 Å². The van der Waals surface area contributed by atoms with Crippen LogP contribution in [0.2, 0.25) is 0 Å². The quantitative estimate of drug-likeness (QED) is 0.0705. The molecule has 0 aromatic carbocycles. The fourth-order valence-corrected chi connectivity index (χ4v) is 3.32. The van der Waals surface area contributed by atoms with Gasteiger partial charge in [-0.2, -0.15) is 25.3 Å². The van der Waals surface area contributed by atoms with Gasteiger partial charge in [0.1, 0.15) is 24.2 Å². The first-order valence-corrected chi connectivity index (χ1v) is 12.4. The number of carboxylic acid groups (broad SMARTS) is 2. The van der Waals surface area contributed by atoms with Crippen molar-refractivity contribution in [2.24, 2.45) is 5.73 Å². The molecule has 0 bridgehead atoms. The van der Waals surface area contributed by atoms with Gasteiger partial charge in [-0.25, -0.2) is 9.59 Å². The topological polar surface area (TPSA) is 263 Å². The van der Waals surface area contributed by atoms with Crippen molar-refractivity contribution in [3.63, 3.8) is 0 Å². The number of amides is 6. The van der Waals surface area contributed by atoms with Crippen LogP contribution in [0.15, 0.2) is 0 Å². The standard InChI is InChI=1S/C20H32N6O10S2/c1-9(27)23-10(19(33)34)2-4-16(30)25-13(8-38)18(32)26-11(20(35)36)3-5-15(29)24-12(7-37)17(31)22-6-14(21)28/h10-13,37-38H,2-8H2,1H3,(H2,21,28)(H,22,31)(H,23,27)(H,24,29)(H,25,30)(H,26,32)(H,33,34)(H,35,36)/t10-,11-,12-,13-/m0/s1. The minimum Gasteiger partial charge on any atom is -0.480 e. The van der Waals surface area contributed by atoms with Crippen LogP contribution in [0.5, 0.6) is 0 Å². The normalized spacial score (nSPS) is 13.6. The van der Waals surface area contributed by atoms with Gasteiger partial charge in [-0.15, -0.1) is 0 Å². The molecule has 4 atom stereocenters. The molecule has 0 fully saturated rings. The molecule has 0 radical (unpaired) electrons. The lowest BCUT2D eigenvalue weighted by Crippen LogP contribution is -2.53. The number of hydrogen-bond acceptors (Lipinski definition) is 10. The predicted molar refractivity (Wildman–Crippen MR) is 137 cm³/mol. The van der Waals surface area contributed by atoms with Crippen molar-refractivity contribution in [1.82, 2.24) is 26.6 Å². The number of nitrogens with one attached hydrogen (secondary N) is 5. The number of carbonyl (C=O) groups is 8. The molecule has 214 valence electrons. The maximum Gasteiger partial charge on any atom is 0.326 e. The molecule has 0 rings (SSSR count). The van der Waals surface area contributed by atoms with Crippen molar-refractivity contribution in [3.8, 4) is 0 Å². The predicted octanol–water partition coefficient (Wildman–Crippen LogP) is -3.86. The Kier molecular flexibility index (Phi) is 16.2. The van der Waals surface area contributed by atoms with Crippen LogP contribution < -0.4 is 32.3 Å². The van der Waals surface area contributed by atoms with Crippen LogP contribution in [0.4, 0.5) is 0 Å². The van der Waals surface area contributed by atoms with Gasteiger partial charge < -0.3 is 42.5 Å². The van der Waals surface area contributed by atoms with Crippen molar-refractivity contribution in [1.29, 1.82) is 0 Å². The molecule has 0 aliphatic carbocycles. The second-order valence-electron chi connectivity index (χ2n) is 7.86. The Morgan fingerprint density at radius 1 is 0.684 bits per heavy atom. The number of thiol groups is 2. The van der Waals surface area contributed by atoms with Gasteiger partial charge in [-0.05, 0) is 12.8 Å². The summed E-state index contributed by atoms with van der Waals surface area (Å²) in [4.78, 5) is 93.4. The molecule has 0 spiro atoms. The lowest BCUT2D eigenvalue weighted by Gasteiger charge is -2.21. The average molecular weight is 581 g/mol. The number of hydrogen-bond donors (Lipinski definition) is 10. The summed E-state index contributed by atoms with van der Waals surface area (Å²) in [6.07, 6.45) is -1.42.